The number of ether oxygens (including phenoxy) is 1. The van der Waals surface area contributed by atoms with Gasteiger partial charge < -0.3 is 20.1 Å². The third-order valence-electron chi connectivity index (χ3n) is 8.30. The van der Waals surface area contributed by atoms with E-state index in [0.717, 1.165) is 56.3 Å². The number of hydrogen-bond acceptors (Lipinski definition) is 5. The molecule has 2 atom stereocenters. The Labute approximate surface area is 231 Å². The summed E-state index contributed by atoms with van der Waals surface area (Å²) in [5.41, 5.74) is 1.35. The van der Waals surface area contributed by atoms with Crippen LogP contribution in [0.4, 0.5) is 9.18 Å². The van der Waals surface area contributed by atoms with Crippen LogP contribution in [-0.4, -0.2) is 73.3 Å². The largest absolute Gasteiger partial charge is 0.453 e. The van der Waals surface area contributed by atoms with Crippen molar-refractivity contribution in [3.8, 4) is 11.1 Å². The number of methoxy groups -OCH3 is 1. The molecule has 2 aliphatic heterocycles. The molecule has 4 rings (SSSR count). The third kappa shape index (κ3) is 6.97. The second kappa shape index (κ2) is 13.4. The second-order valence-corrected chi connectivity index (χ2v) is 10.8. The van der Waals surface area contributed by atoms with Crippen molar-refractivity contribution in [2.75, 3.05) is 46.4 Å². The predicted octanol–water partition coefficient (Wildman–Crippen LogP) is 4.71. The van der Waals surface area contributed by atoms with Gasteiger partial charge in [0.1, 0.15) is 5.82 Å². The number of halogens is 1. The Bertz CT molecular complexity index is 1140. The van der Waals surface area contributed by atoms with Crippen LogP contribution >= 0.6 is 0 Å². The van der Waals surface area contributed by atoms with Crippen LogP contribution in [-0.2, 0) is 21.6 Å². The number of aliphatic hydroxyl groups is 1. The Hall–Kier alpha value is -2.97. The van der Waals surface area contributed by atoms with Crippen LogP contribution in [0.2, 0.25) is 0 Å². The minimum Gasteiger partial charge on any atom is -0.453 e. The van der Waals surface area contributed by atoms with Gasteiger partial charge in [-0.1, -0.05) is 43.3 Å². The lowest BCUT2D eigenvalue weighted by Crippen LogP contribution is -2.50. The molecule has 0 aromatic heterocycles. The van der Waals surface area contributed by atoms with Gasteiger partial charge in [-0.15, -0.1) is 0 Å². The van der Waals surface area contributed by atoms with Gasteiger partial charge in [0, 0.05) is 31.1 Å². The summed E-state index contributed by atoms with van der Waals surface area (Å²) in [6, 6.07) is 12.7. The molecule has 0 saturated carbocycles. The molecule has 2 aromatic carbocycles. The maximum atomic E-state index is 15.6. The normalized spacial score (nSPS) is 19.5. The number of aryl methyl sites for hydroxylation is 1. The van der Waals surface area contributed by atoms with E-state index in [4.69, 9.17) is 0 Å². The van der Waals surface area contributed by atoms with Gasteiger partial charge in [0.15, 0.2) is 0 Å². The Morgan fingerprint density at radius 1 is 1.13 bits per heavy atom. The van der Waals surface area contributed by atoms with Crippen molar-refractivity contribution in [3.05, 3.63) is 59.4 Å². The Morgan fingerprint density at radius 2 is 1.90 bits per heavy atom. The number of amides is 2. The van der Waals surface area contributed by atoms with E-state index >= 15 is 4.39 Å². The number of carbonyl (C=O) groups is 2. The molecular weight excluding hydrogens is 497 g/mol. The molecule has 39 heavy (non-hydrogen) atoms. The SMILES string of the molecule is CCc1cccc(-c2c(F)cccc2C(O)(CCCNC(=O)OC)C2CCCN(C(=O)CN3CCCC3)C2)c1. The molecule has 212 valence electrons. The second-order valence-electron chi connectivity index (χ2n) is 10.8. The first-order valence-corrected chi connectivity index (χ1v) is 14.3. The molecule has 0 bridgehead atoms. The molecule has 0 radical (unpaired) electrons. The van der Waals surface area contributed by atoms with Crippen molar-refractivity contribution in [1.82, 2.24) is 15.1 Å². The van der Waals surface area contributed by atoms with E-state index in [1.165, 1.54) is 13.2 Å². The van der Waals surface area contributed by atoms with Gasteiger partial charge >= 0.3 is 6.09 Å². The molecule has 0 aliphatic carbocycles. The molecule has 2 amide bonds. The lowest BCUT2D eigenvalue weighted by molar-refractivity contribution is -0.137. The highest BCUT2D eigenvalue weighted by molar-refractivity contribution is 5.78. The van der Waals surface area contributed by atoms with E-state index in [0.29, 0.717) is 50.1 Å². The van der Waals surface area contributed by atoms with Crippen molar-refractivity contribution >= 4 is 12.0 Å². The maximum Gasteiger partial charge on any atom is 0.406 e. The molecule has 7 nitrogen and oxygen atoms in total. The highest BCUT2D eigenvalue weighted by Gasteiger charge is 2.43. The zero-order valence-electron chi connectivity index (χ0n) is 23.3. The maximum absolute atomic E-state index is 15.6. The van der Waals surface area contributed by atoms with E-state index < -0.39 is 11.7 Å². The summed E-state index contributed by atoms with van der Waals surface area (Å²) in [5.74, 6) is -0.571. The first kappa shape index (κ1) is 29.0. The van der Waals surface area contributed by atoms with Gasteiger partial charge in [-0.3, -0.25) is 9.69 Å². The summed E-state index contributed by atoms with van der Waals surface area (Å²) in [6.45, 7) is 5.75. The van der Waals surface area contributed by atoms with E-state index in [9.17, 15) is 14.7 Å². The minimum absolute atomic E-state index is 0.0893. The zero-order valence-corrected chi connectivity index (χ0v) is 23.3. The monoisotopic (exact) mass is 539 g/mol. The van der Waals surface area contributed by atoms with E-state index in [2.05, 4.69) is 21.9 Å². The zero-order chi connectivity index (χ0) is 27.8. The van der Waals surface area contributed by atoms with E-state index in [1.54, 1.807) is 6.07 Å². The van der Waals surface area contributed by atoms with Crippen LogP contribution < -0.4 is 5.32 Å². The molecule has 2 N–H and O–H groups in total. The standard InChI is InChI=1S/C31H42FN3O4/c1-3-23-10-6-11-24(20-23)29-26(13-7-14-27(29)32)31(38,15-9-16-33-30(37)39-2)25-12-8-19-35(21-25)28(36)22-34-17-4-5-18-34/h6-7,10-11,13-14,20,25,38H,3-5,8-9,12,15-19,21-22H2,1-2H3,(H,33,37). The number of nitrogens with one attached hydrogen (secondary N) is 1. The average Bonchev–Trinajstić information content (AvgIpc) is 3.48. The molecule has 8 heteroatoms. The van der Waals surface area contributed by atoms with Gasteiger partial charge in [0.25, 0.3) is 0 Å². The number of carbonyl (C=O) groups excluding carboxylic acids is 2. The summed E-state index contributed by atoms with van der Waals surface area (Å²) in [7, 11) is 1.31. The molecule has 2 unspecified atom stereocenters. The van der Waals surface area contributed by atoms with Crippen LogP contribution in [0.1, 0.15) is 56.6 Å². The van der Waals surface area contributed by atoms with Crippen molar-refractivity contribution < 1.29 is 23.8 Å². The van der Waals surface area contributed by atoms with Crippen molar-refractivity contribution in [1.29, 1.82) is 0 Å². The molecule has 2 fully saturated rings. The summed E-state index contributed by atoms with van der Waals surface area (Å²) in [4.78, 5) is 28.9. The molecule has 2 aromatic rings. The highest BCUT2D eigenvalue weighted by atomic mass is 19.1. The fourth-order valence-corrected chi connectivity index (χ4v) is 6.13. The molecular formula is C31H42FN3O4. The van der Waals surface area contributed by atoms with E-state index in [-0.39, 0.29) is 17.6 Å². The summed E-state index contributed by atoms with van der Waals surface area (Å²) in [6.07, 6.45) is 4.80. The fraction of sp³-hybridized carbons (Fsp3) is 0.548. The Kier molecular flexibility index (Phi) is 9.97. The van der Waals surface area contributed by atoms with Gasteiger partial charge in [0.05, 0.1) is 19.3 Å². The van der Waals surface area contributed by atoms with Crippen molar-refractivity contribution in [2.45, 2.75) is 57.5 Å². The summed E-state index contributed by atoms with van der Waals surface area (Å²) >= 11 is 0. The smallest absolute Gasteiger partial charge is 0.406 e. The van der Waals surface area contributed by atoms with Crippen LogP contribution in [0, 0.1) is 11.7 Å². The highest BCUT2D eigenvalue weighted by Crippen LogP contribution is 2.44. The Balaban J connectivity index is 1.66. The van der Waals surface area contributed by atoms with Gasteiger partial charge in [-0.2, -0.15) is 0 Å². The number of piperidine rings is 1. The molecule has 2 aliphatic rings. The van der Waals surface area contributed by atoms with Crippen LogP contribution in [0.15, 0.2) is 42.5 Å². The lowest BCUT2D eigenvalue weighted by Gasteiger charge is -2.44. The summed E-state index contributed by atoms with van der Waals surface area (Å²) < 4.78 is 20.3. The number of nitrogens with zero attached hydrogens (tertiary/aromatic N) is 2. The first-order chi connectivity index (χ1) is 18.9. The predicted molar refractivity (Wildman–Crippen MR) is 150 cm³/mol. The van der Waals surface area contributed by atoms with Crippen LogP contribution in [0.25, 0.3) is 11.1 Å². The minimum atomic E-state index is -1.40. The fourth-order valence-electron chi connectivity index (χ4n) is 6.13. The average molecular weight is 540 g/mol. The number of benzene rings is 2. The molecule has 2 heterocycles. The van der Waals surface area contributed by atoms with Gasteiger partial charge in [-0.25, -0.2) is 9.18 Å². The number of likely N-dealkylation sites (tertiary alicyclic amines) is 2. The quantitative estimate of drug-likeness (QED) is 0.428. The van der Waals surface area contributed by atoms with E-state index in [1.807, 2.05) is 35.2 Å². The third-order valence-corrected chi connectivity index (χ3v) is 8.30. The first-order valence-electron chi connectivity index (χ1n) is 14.3. The molecule has 2 saturated heterocycles. The molecule has 0 spiro atoms. The number of hydrogen-bond donors (Lipinski definition) is 2. The van der Waals surface area contributed by atoms with Gasteiger partial charge in [0.2, 0.25) is 5.91 Å². The van der Waals surface area contributed by atoms with Crippen molar-refractivity contribution in [3.63, 3.8) is 0 Å². The lowest BCUT2D eigenvalue weighted by atomic mass is 9.72. The van der Waals surface area contributed by atoms with Crippen LogP contribution in [0.5, 0.6) is 0 Å². The topological polar surface area (TPSA) is 82.1 Å². The van der Waals surface area contributed by atoms with Gasteiger partial charge in [-0.05, 0) is 80.8 Å². The van der Waals surface area contributed by atoms with Crippen molar-refractivity contribution in [2.24, 2.45) is 5.92 Å². The number of rotatable bonds is 10. The Morgan fingerprint density at radius 3 is 2.64 bits per heavy atom. The number of alkyl carbamates (subject to hydrolysis) is 1. The van der Waals surface area contributed by atoms with Crippen LogP contribution in [0.3, 0.4) is 0 Å². The summed E-state index contributed by atoms with van der Waals surface area (Å²) in [5, 5.41) is 15.2.